The van der Waals surface area contributed by atoms with E-state index < -0.39 is 0 Å². The van der Waals surface area contributed by atoms with Gasteiger partial charge in [-0.25, -0.2) is 4.98 Å². The molecule has 140 valence electrons. The summed E-state index contributed by atoms with van der Waals surface area (Å²) in [6.45, 7) is 4.28. The van der Waals surface area contributed by atoms with Gasteiger partial charge in [0.05, 0.1) is 5.92 Å². The van der Waals surface area contributed by atoms with Crippen LogP contribution in [0.5, 0.6) is 0 Å². The number of anilines is 1. The lowest BCUT2D eigenvalue weighted by Gasteiger charge is -2.33. The number of amides is 1. The van der Waals surface area contributed by atoms with Crippen molar-refractivity contribution >= 4 is 44.7 Å². The van der Waals surface area contributed by atoms with E-state index in [0.717, 1.165) is 30.8 Å². The molecule has 1 aromatic carbocycles. The zero-order valence-electron chi connectivity index (χ0n) is 15.2. The Labute approximate surface area is 168 Å². The van der Waals surface area contributed by atoms with Crippen LogP contribution in [0, 0.1) is 12.8 Å². The molecule has 0 spiro atoms. The normalized spacial score (nSPS) is 17.3. The molecule has 1 atom stereocenters. The third-order valence-corrected chi connectivity index (χ3v) is 6.25. The summed E-state index contributed by atoms with van der Waals surface area (Å²) in [5.41, 5.74) is 1.02. The zero-order valence-corrected chi connectivity index (χ0v) is 16.8. The Hall–Kier alpha value is -2.11. The first-order valence-corrected chi connectivity index (χ1v) is 10.4. The van der Waals surface area contributed by atoms with Crippen molar-refractivity contribution in [3.8, 4) is 0 Å². The molecular formula is C21H22ClN3OS. The Morgan fingerprint density at radius 1 is 1.37 bits per heavy atom. The van der Waals surface area contributed by atoms with Crippen LogP contribution in [0.4, 0.5) is 5.82 Å². The predicted molar refractivity (Wildman–Crippen MR) is 113 cm³/mol. The zero-order chi connectivity index (χ0) is 18.8. The molecule has 0 saturated carbocycles. The Morgan fingerprint density at radius 3 is 3.11 bits per heavy atom. The van der Waals surface area contributed by atoms with Crippen molar-refractivity contribution in [1.29, 1.82) is 0 Å². The number of carbonyl (C=O) groups is 1. The number of carbonyl (C=O) groups excluding carboxylic acids is 1. The molecule has 27 heavy (non-hydrogen) atoms. The van der Waals surface area contributed by atoms with Crippen LogP contribution in [0.1, 0.15) is 23.3 Å². The molecule has 1 saturated heterocycles. The smallest absolute Gasteiger partial charge is 0.225 e. The Kier molecular flexibility index (Phi) is 5.32. The van der Waals surface area contributed by atoms with Crippen molar-refractivity contribution < 1.29 is 4.79 Å². The number of fused-ring (bicyclic) bond motifs is 1. The molecule has 0 unspecified atom stereocenters. The average Bonchev–Trinajstić information content (AvgIpc) is 3.06. The van der Waals surface area contributed by atoms with Gasteiger partial charge in [-0.1, -0.05) is 23.7 Å². The summed E-state index contributed by atoms with van der Waals surface area (Å²) >= 11 is 7.81. The summed E-state index contributed by atoms with van der Waals surface area (Å²) in [4.78, 5) is 20.9. The number of aromatic nitrogens is 1. The molecule has 1 amide bonds. The maximum Gasteiger partial charge on any atom is 0.225 e. The third kappa shape index (κ3) is 4.09. The average molecular weight is 400 g/mol. The number of benzene rings is 1. The minimum Gasteiger partial charge on any atom is -0.355 e. The summed E-state index contributed by atoms with van der Waals surface area (Å²) in [6.07, 6.45) is 3.78. The highest BCUT2D eigenvalue weighted by Gasteiger charge is 2.27. The van der Waals surface area contributed by atoms with Crippen LogP contribution in [0.3, 0.4) is 0 Å². The molecule has 4 nitrogen and oxygen atoms in total. The van der Waals surface area contributed by atoms with Gasteiger partial charge in [0, 0.05) is 45.8 Å². The number of thiophene rings is 1. The molecule has 1 N–H and O–H groups in total. The molecule has 3 heterocycles. The summed E-state index contributed by atoms with van der Waals surface area (Å²) in [5.74, 6) is 1.09. The number of nitrogens with one attached hydrogen (secondary N) is 1. The minimum atomic E-state index is -0.0188. The number of nitrogens with zero attached hydrogens (tertiary/aromatic N) is 2. The molecule has 0 aliphatic carbocycles. The van der Waals surface area contributed by atoms with Gasteiger partial charge >= 0.3 is 0 Å². The highest BCUT2D eigenvalue weighted by molar-refractivity contribution is 7.19. The van der Waals surface area contributed by atoms with E-state index in [0.29, 0.717) is 18.1 Å². The van der Waals surface area contributed by atoms with Crippen LogP contribution in [0.2, 0.25) is 5.02 Å². The monoisotopic (exact) mass is 399 g/mol. The van der Waals surface area contributed by atoms with Gasteiger partial charge in [-0.05, 0) is 49.6 Å². The van der Waals surface area contributed by atoms with Crippen molar-refractivity contribution in [2.24, 2.45) is 5.92 Å². The number of pyridine rings is 1. The lowest BCUT2D eigenvalue weighted by atomic mass is 9.96. The summed E-state index contributed by atoms with van der Waals surface area (Å²) in [6, 6.07) is 11.9. The number of halogens is 1. The van der Waals surface area contributed by atoms with Gasteiger partial charge in [0.15, 0.2) is 0 Å². The Balaban J connectivity index is 1.45. The fourth-order valence-corrected chi connectivity index (χ4v) is 4.82. The number of hydrogen-bond acceptors (Lipinski definition) is 4. The molecule has 1 fully saturated rings. The van der Waals surface area contributed by atoms with Crippen LogP contribution in [0.25, 0.3) is 10.1 Å². The summed E-state index contributed by atoms with van der Waals surface area (Å²) in [7, 11) is 0. The Morgan fingerprint density at radius 2 is 2.26 bits per heavy atom. The number of hydrogen-bond donors (Lipinski definition) is 1. The van der Waals surface area contributed by atoms with Gasteiger partial charge in [-0.15, -0.1) is 11.3 Å². The quantitative estimate of drug-likeness (QED) is 0.685. The van der Waals surface area contributed by atoms with Gasteiger partial charge in [0.25, 0.3) is 0 Å². The lowest BCUT2D eigenvalue weighted by Crippen LogP contribution is -2.43. The maximum atomic E-state index is 12.7. The molecule has 3 aromatic rings. The molecular weight excluding hydrogens is 378 g/mol. The largest absolute Gasteiger partial charge is 0.355 e. The first kappa shape index (κ1) is 18.3. The fourth-order valence-electron chi connectivity index (χ4n) is 3.69. The van der Waals surface area contributed by atoms with Gasteiger partial charge in [0.2, 0.25) is 5.91 Å². The van der Waals surface area contributed by atoms with E-state index in [1.165, 1.54) is 15.0 Å². The second-order valence-electron chi connectivity index (χ2n) is 7.04. The van der Waals surface area contributed by atoms with Crippen LogP contribution in [-0.4, -0.2) is 24.0 Å². The fraction of sp³-hybridized carbons (Fsp3) is 0.333. The lowest BCUT2D eigenvalue weighted by molar-refractivity contribution is -0.125. The number of piperidine rings is 1. The van der Waals surface area contributed by atoms with E-state index >= 15 is 0 Å². The molecule has 1 aliphatic rings. The van der Waals surface area contributed by atoms with E-state index in [9.17, 15) is 4.79 Å². The van der Waals surface area contributed by atoms with Crippen LogP contribution < -0.4 is 10.2 Å². The van der Waals surface area contributed by atoms with E-state index in [4.69, 9.17) is 11.6 Å². The molecule has 2 aromatic heterocycles. The van der Waals surface area contributed by atoms with Gasteiger partial charge in [0.1, 0.15) is 5.82 Å². The van der Waals surface area contributed by atoms with Crippen LogP contribution in [0.15, 0.2) is 42.6 Å². The van der Waals surface area contributed by atoms with E-state index in [1.807, 2.05) is 30.5 Å². The highest BCUT2D eigenvalue weighted by atomic mass is 35.5. The topological polar surface area (TPSA) is 45.2 Å². The second-order valence-corrected chi connectivity index (χ2v) is 8.76. The first-order valence-electron chi connectivity index (χ1n) is 9.22. The summed E-state index contributed by atoms with van der Waals surface area (Å²) in [5, 5.41) is 4.95. The number of rotatable bonds is 4. The Bertz CT molecular complexity index is 971. The maximum absolute atomic E-state index is 12.7. The SMILES string of the molecule is Cc1cc2c(N3CCC[C@@H](C(=O)NCc4cccc(Cl)c4)C3)nccc2s1. The first-order chi connectivity index (χ1) is 13.1. The van der Waals surface area contributed by atoms with Crippen molar-refractivity contribution in [3.63, 3.8) is 0 Å². The van der Waals surface area contributed by atoms with Crippen molar-refractivity contribution in [1.82, 2.24) is 10.3 Å². The molecule has 4 rings (SSSR count). The molecule has 1 aliphatic heterocycles. The van der Waals surface area contributed by atoms with E-state index in [-0.39, 0.29) is 11.8 Å². The van der Waals surface area contributed by atoms with Gasteiger partial charge in [-0.3, -0.25) is 4.79 Å². The van der Waals surface area contributed by atoms with Gasteiger partial charge in [-0.2, -0.15) is 0 Å². The second kappa shape index (κ2) is 7.87. The van der Waals surface area contributed by atoms with Crippen LogP contribution >= 0.6 is 22.9 Å². The van der Waals surface area contributed by atoms with Gasteiger partial charge < -0.3 is 10.2 Å². The van der Waals surface area contributed by atoms with Crippen LogP contribution in [-0.2, 0) is 11.3 Å². The minimum absolute atomic E-state index is 0.0188. The van der Waals surface area contributed by atoms with Crippen molar-refractivity contribution in [3.05, 3.63) is 58.1 Å². The predicted octanol–water partition coefficient (Wildman–Crippen LogP) is 4.79. The van der Waals surface area contributed by atoms with E-state index in [1.54, 1.807) is 11.3 Å². The van der Waals surface area contributed by atoms with E-state index in [2.05, 4.69) is 34.3 Å². The highest BCUT2D eigenvalue weighted by Crippen LogP contribution is 2.33. The third-order valence-electron chi connectivity index (χ3n) is 5.00. The van der Waals surface area contributed by atoms with Crippen molar-refractivity contribution in [2.75, 3.05) is 18.0 Å². The molecule has 6 heteroatoms. The number of aryl methyl sites for hydroxylation is 1. The molecule has 0 bridgehead atoms. The summed E-state index contributed by atoms with van der Waals surface area (Å²) < 4.78 is 1.25. The van der Waals surface area contributed by atoms with Crippen molar-refractivity contribution in [2.45, 2.75) is 26.3 Å². The standard InChI is InChI=1S/C21H22ClN3OS/c1-14-10-18-19(27-14)7-8-23-20(18)25-9-3-5-16(13-25)21(26)24-12-15-4-2-6-17(22)11-15/h2,4,6-8,10-11,16H,3,5,9,12-13H2,1H3,(H,24,26)/t16-/m1/s1. The molecule has 0 radical (unpaired) electrons.